The number of hydrogen-bond donors (Lipinski definition) is 0. The van der Waals surface area contributed by atoms with Gasteiger partial charge in [-0.1, -0.05) is 124 Å². The van der Waals surface area contributed by atoms with E-state index < -0.39 is 0 Å². The van der Waals surface area contributed by atoms with E-state index in [0.29, 0.717) is 11.1 Å². The van der Waals surface area contributed by atoms with Crippen LogP contribution in [0.4, 0.5) is 0 Å². The molecule has 0 saturated heterocycles. The molecular weight excluding hydrogens is 628 g/mol. The zero-order valence-electron chi connectivity index (χ0n) is 23.7. The number of benzene rings is 5. The Hall–Kier alpha value is -4.52. The maximum Gasteiger partial charge on any atom is 0.271 e. The first kappa shape index (κ1) is 27.1. The highest BCUT2D eigenvalue weighted by Gasteiger charge is 2.32. The maximum absolute atomic E-state index is 14.2. The third-order valence-electron chi connectivity index (χ3n) is 8.53. The molecule has 6 aromatic rings. The van der Waals surface area contributed by atoms with Crippen LogP contribution in [0, 0.1) is 0 Å². The van der Waals surface area contributed by atoms with Gasteiger partial charge in [-0.25, -0.2) is 4.99 Å². The number of para-hydroxylation sites is 1. The Balaban J connectivity index is 1.23. The molecule has 0 amide bonds. The van der Waals surface area contributed by atoms with Gasteiger partial charge in [0, 0.05) is 15.6 Å². The number of aryl methyl sites for hydroxylation is 1. The third kappa shape index (κ3) is 4.75. The van der Waals surface area contributed by atoms with Gasteiger partial charge in [0.25, 0.3) is 5.56 Å². The Morgan fingerprint density at radius 2 is 1.64 bits per heavy atom. The van der Waals surface area contributed by atoms with Crippen LogP contribution in [0.2, 0.25) is 0 Å². The Morgan fingerprint density at radius 3 is 2.55 bits per heavy atom. The molecule has 44 heavy (non-hydrogen) atoms. The second-order valence-electron chi connectivity index (χ2n) is 11.1. The molecule has 1 aliphatic heterocycles. The van der Waals surface area contributed by atoms with Crippen molar-refractivity contribution in [1.82, 2.24) is 4.57 Å². The van der Waals surface area contributed by atoms with E-state index in [1.165, 1.54) is 38.8 Å². The van der Waals surface area contributed by atoms with Gasteiger partial charge in [0.1, 0.15) is 12.4 Å². The van der Waals surface area contributed by atoms with Gasteiger partial charge >= 0.3 is 0 Å². The molecule has 2 aliphatic rings. The summed E-state index contributed by atoms with van der Waals surface area (Å²) in [6.07, 6.45) is 3.76. The largest absolute Gasteiger partial charge is 0.488 e. The maximum atomic E-state index is 14.2. The number of thiazole rings is 1. The van der Waals surface area contributed by atoms with E-state index in [4.69, 9.17) is 9.73 Å². The number of aromatic nitrogens is 1. The van der Waals surface area contributed by atoms with Crippen LogP contribution in [0.25, 0.3) is 22.5 Å². The van der Waals surface area contributed by atoms with E-state index in [2.05, 4.69) is 94.8 Å². The summed E-state index contributed by atoms with van der Waals surface area (Å²) in [6, 6.07) is 39.2. The van der Waals surface area contributed by atoms with Crippen LogP contribution in [-0.2, 0) is 13.0 Å². The topological polar surface area (TPSA) is 43.6 Å². The van der Waals surface area contributed by atoms with E-state index >= 15 is 0 Å². The van der Waals surface area contributed by atoms with Crippen LogP contribution in [0.15, 0.2) is 135 Å². The Bertz CT molecular complexity index is 2280. The monoisotopic (exact) mass is 654 g/mol. The number of halogens is 1. The molecule has 0 fully saturated rings. The van der Waals surface area contributed by atoms with Crippen molar-refractivity contribution in [1.29, 1.82) is 0 Å². The molecule has 2 heterocycles. The fourth-order valence-corrected chi connectivity index (χ4v) is 7.67. The standard InChI is InChI=1S/C38H27BrN2O2S/c39-29-19-16-26(17-20-29)36-32-21-18-25-9-2-5-14-31(25)35(32)40-38-41(36)37(42)34(44-38)22-27-10-3-6-15-33(27)43-23-28-12-7-11-24-8-1-4-13-30(24)28/h1-17,19-20,22,36H,18,21,23H2/b34-22-/t36-/m0/s1. The lowest BCUT2D eigenvalue weighted by Crippen LogP contribution is -2.38. The number of rotatable bonds is 5. The van der Waals surface area contributed by atoms with Gasteiger partial charge in [0.2, 0.25) is 0 Å². The number of nitrogens with zero attached hydrogens (tertiary/aromatic N) is 2. The minimum atomic E-state index is -0.206. The summed E-state index contributed by atoms with van der Waals surface area (Å²) in [4.78, 5) is 20.1. The lowest BCUT2D eigenvalue weighted by atomic mass is 9.83. The van der Waals surface area contributed by atoms with E-state index in [1.807, 2.05) is 47.0 Å². The summed E-state index contributed by atoms with van der Waals surface area (Å²) in [6.45, 7) is 0.434. The fraction of sp³-hybridized carbons (Fsp3) is 0.105. The molecule has 1 aliphatic carbocycles. The zero-order valence-corrected chi connectivity index (χ0v) is 26.1. The average molecular weight is 656 g/mol. The van der Waals surface area contributed by atoms with Gasteiger partial charge in [-0.2, -0.15) is 0 Å². The first-order valence-electron chi connectivity index (χ1n) is 14.7. The lowest BCUT2D eigenvalue weighted by molar-refractivity contribution is 0.307. The van der Waals surface area contributed by atoms with E-state index in [0.717, 1.165) is 50.3 Å². The molecule has 0 N–H and O–H groups in total. The number of ether oxygens (including phenoxy) is 1. The molecule has 0 bridgehead atoms. The number of hydrogen-bond acceptors (Lipinski definition) is 4. The summed E-state index contributed by atoms with van der Waals surface area (Å²) in [7, 11) is 0. The van der Waals surface area contributed by atoms with Crippen LogP contribution in [-0.4, -0.2) is 4.57 Å². The molecule has 0 unspecified atom stereocenters. The molecule has 1 aromatic heterocycles. The van der Waals surface area contributed by atoms with Gasteiger partial charge in [-0.3, -0.25) is 9.36 Å². The predicted molar refractivity (Wildman–Crippen MR) is 182 cm³/mol. The average Bonchev–Trinajstić information content (AvgIpc) is 3.37. The molecule has 8 rings (SSSR count). The highest BCUT2D eigenvalue weighted by molar-refractivity contribution is 9.10. The van der Waals surface area contributed by atoms with E-state index in [9.17, 15) is 4.79 Å². The van der Waals surface area contributed by atoms with Crippen molar-refractivity contribution in [2.75, 3.05) is 0 Å². The summed E-state index contributed by atoms with van der Waals surface area (Å²) in [5, 5.41) is 2.37. The SMILES string of the molecule is O=c1/c(=C/c2ccccc2OCc2cccc3ccccc23)sc2n1[C@@H](c1ccc(Br)cc1)C1=C(N=2)c2ccccc2CC1. The van der Waals surface area contributed by atoms with Crippen molar-refractivity contribution >= 4 is 49.8 Å². The molecule has 4 nitrogen and oxygen atoms in total. The van der Waals surface area contributed by atoms with E-state index in [1.54, 1.807) is 0 Å². The predicted octanol–water partition coefficient (Wildman–Crippen LogP) is 7.81. The first-order valence-corrected chi connectivity index (χ1v) is 16.3. The van der Waals surface area contributed by atoms with Crippen LogP contribution in [0.3, 0.4) is 0 Å². The molecule has 0 radical (unpaired) electrons. The van der Waals surface area contributed by atoms with Crippen molar-refractivity contribution in [2.45, 2.75) is 25.5 Å². The molecule has 1 atom stereocenters. The molecule has 0 spiro atoms. The molecule has 5 aromatic carbocycles. The second-order valence-corrected chi connectivity index (χ2v) is 13.1. The Morgan fingerprint density at radius 1 is 0.864 bits per heavy atom. The highest BCUT2D eigenvalue weighted by Crippen LogP contribution is 2.41. The smallest absolute Gasteiger partial charge is 0.271 e. The van der Waals surface area contributed by atoms with Gasteiger partial charge in [0.05, 0.1) is 16.3 Å². The molecule has 214 valence electrons. The lowest BCUT2D eigenvalue weighted by Gasteiger charge is -2.30. The zero-order chi connectivity index (χ0) is 29.6. The summed E-state index contributed by atoms with van der Waals surface area (Å²) >= 11 is 5.02. The third-order valence-corrected chi connectivity index (χ3v) is 10.0. The molecule has 0 saturated carbocycles. The summed E-state index contributed by atoms with van der Waals surface area (Å²) in [5.41, 5.74) is 7.72. The van der Waals surface area contributed by atoms with E-state index in [-0.39, 0.29) is 11.6 Å². The van der Waals surface area contributed by atoms with Gasteiger partial charge < -0.3 is 4.74 Å². The Kier molecular flexibility index (Phi) is 6.89. The van der Waals surface area contributed by atoms with Crippen LogP contribution >= 0.6 is 27.3 Å². The normalized spacial score (nSPS) is 15.8. The first-order chi connectivity index (χ1) is 21.6. The summed E-state index contributed by atoms with van der Waals surface area (Å²) < 4.78 is 9.94. The number of allylic oxidation sites excluding steroid dienone is 1. The van der Waals surface area contributed by atoms with Crippen molar-refractivity contribution in [2.24, 2.45) is 4.99 Å². The Labute approximate surface area is 267 Å². The minimum absolute atomic E-state index is 0.0315. The van der Waals surface area contributed by atoms with Crippen molar-refractivity contribution in [3.8, 4) is 5.75 Å². The van der Waals surface area contributed by atoms with Crippen molar-refractivity contribution in [3.63, 3.8) is 0 Å². The fourth-order valence-electron chi connectivity index (χ4n) is 6.41. The van der Waals surface area contributed by atoms with Crippen molar-refractivity contribution in [3.05, 3.63) is 173 Å². The summed E-state index contributed by atoms with van der Waals surface area (Å²) in [5.74, 6) is 0.740. The van der Waals surface area contributed by atoms with Crippen LogP contribution in [0.1, 0.15) is 40.3 Å². The van der Waals surface area contributed by atoms with Gasteiger partial charge in [-0.15, -0.1) is 0 Å². The molecule has 6 heteroatoms. The quantitative estimate of drug-likeness (QED) is 0.190. The van der Waals surface area contributed by atoms with Crippen LogP contribution in [0.5, 0.6) is 5.75 Å². The molecular formula is C38H27BrN2O2S. The highest BCUT2D eigenvalue weighted by atomic mass is 79.9. The number of fused-ring (bicyclic) bond motifs is 4. The second kappa shape index (κ2) is 11.2. The van der Waals surface area contributed by atoms with Crippen LogP contribution < -0.4 is 19.6 Å². The van der Waals surface area contributed by atoms with Gasteiger partial charge in [-0.05, 0) is 70.2 Å². The minimum Gasteiger partial charge on any atom is -0.488 e. The van der Waals surface area contributed by atoms with Gasteiger partial charge in [0.15, 0.2) is 4.80 Å². The van der Waals surface area contributed by atoms with Crippen molar-refractivity contribution < 1.29 is 4.74 Å².